The molecule has 1 heterocycles. The molecule has 3 rings (SSSR count). The fourth-order valence-corrected chi connectivity index (χ4v) is 3.43. The van der Waals surface area contributed by atoms with Gasteiger partial charge in [-0.2, -0.15) is 0 Å². The number of hydrogen-bond acceptors (Lipinski definition) is 5. The number of allylic oxidation sites excluding steroid dienone is 2. The molecule has 0 saturated carbocycles. The molecular weight excluding hydrogens is 386 g/mol. The van der Waals surface area contributed by atoms with Gasteiger partial charge >= 0.3 is 5.97 Å². The molecule has 1 aliphatic carbocycles. The van der Waals surface area contributed by atoms with Gasteiger partial charge in [-0.15, -0.1) is 0 Å². The van der Waals surface area contributed by atoms with E-state index < -0.39 is 29.6 Å². The number of nitrogens with one attached hydrogen (secondary N) is 1. The van der Waals surface area contributed by atoms with Gasteiger partial charge in [0.05, 0.1) is 23.9 Å². The summed E-state index contributed by atoms with van der Waals surface area (Å²) in [5, 5.41) is 2.14. The Labute approximate surface area is 165 Å². The molecule has 0 aromatic heterocycles. The molecular formula is C20H20F2N2O5. The van der Waals surface area contributed by atoms with Gasteiger partial charge in [-0.25, -0.2) is 8.78 Å². The number of amides is 3. The second kappa shape index (κ2) is 8.50. The third-order valence-electron chi connectivity index (χ3n) is 5.00. The lowest BCUT2D eigenvalue weighted by Gasteiger charge is -2.16. The minimum Gasteiger partial charge on any atom is -0.452 e. The fourth-order valence-electron chi connectivity index (χ4n) is 3.43. The molecule has 0 radical (unpaired) electrons. The third-order valence-corrected chi connectivity index (χ3v) is 5.00. The summed E-state index contributed by atoms with van der Waals surface area (Å²) < 4.78 is 31.7. The Morgan fingerprint density at radius 1 is 1.17 bits per heavy atom. The van der Waals surface area contributed by atoms with Crippen molar-refractivity contribution in [2.24, 2.45) is 11.8 Å². The maximum atomic E-state index is 13.6. The number of likely N-dealkylation sites (tertiary alicyclic amines) is 1. The van der Waals surface area contributed by atoms with Gasteiger partial charge in [-0.3, -0.25) is 24.1 Å². The van der Waals surface area contributed by atoms with E-state index in [1.54, 1.807) is 0 Å². The molecule has 0 unspecified atom stereocenters. The molecule has 3 amide bonds. The number of esters is 1. The van der Waals surface area contributed by atoms with Gasteiger partial charge in [-0.05, 0) is 31.9 Å². The van der Waals surface area contributed by atoms with E-state index in [0.29, 0.717) is 12.8 Å². The number of halogens is 2. The predicted octanol–water partition coefficient (Wildman–Crippen LogP) is 2.18. The van der Waals surface area contributed by atoms with Gasteiger partial charge in [0, 0.05) is 12.6 Å². The first kappa shape index (κ1) is 20.6. The Balaban J connectivity index is 1.50. The van der Waals surface area contributed by atoms with Crippen LogP contribution in [0.25, 0.3) is 0 Å². The highest BCUT2D eigenvalue weighted by molar-refractivity contribution is 6.05. The highest BCUT2D eigenvalue weighted by Crippen LogP contribution is 2.35. The highest BCUT2D eigenvalue weighted by atomic mass is 19.1. The molecule has 1 N–H and O–H groups in total. The Morgan fingerprint density at radius 3 is 2.41 bits per heavy atom. The maximum Gasteiger partial charge on any atom is 0.308 e. The van der Waals surface area contributed by atoms with E-state index in [1.165, 1.54) is 6.92 Å². The van der Waals surface area contributed by atoms with E-state index in [0.717, 1.165) is 23.1 Å². The Kier molecular flexibility index (Phi) is 6.05. The zero-order valence-electron chi connectivity index (χ0n) is 15.7. The van der Waals surface area contributed by atoms with Crippen LogP contribution in [0.1, 0.15) is 26.2 Å². The lowest BCUT2D eigenvalue weighted by Crippen LogP contribution is -2.35. The van der Waals surface area contributed by atoms with Crippen LogP contribution in [-0.2, 0) is 23.9 Å². The van der Waals surface area contributed by atoms with Gasteiger partial charge in [0.25, 0.3) is 5.91 Å². The number of benzene rings is 1. The van der Waals surface area contributed by atoms with Crippen LogP contribution < -0.4 is 5.32 Å². The topological polar surface area (TPSA) is 92.8 Å². The SMILES string of the molecule is C[C@H](OC(=O)CCN1C(=O)[C@H]2CC=CC[C@H]2C1=O)C(=O)Nc1cc(F)ccc1F. The fraction of sp³-hybridized carbons (Fsp3) is 0.400. The molecule has 2 aliphatic rings. The quantitative estimate of drug-likeness (QED) is 0.444. The first-order chi connectivity index (χ1) is 13.8. The van der Waals surface area contributed by atoms with E-state index in [1.807, 2.05) is 12.2 Å². The van der Waals surface area contributed by atoms with Crippen LogP contribution in [0.3, 0.4) is 0 Å². The van der Waals surface area contributed by atoms with Crippen LogP contribution in [0.4, 0.5) is 14.5 Å². The number of hydrogen-bond donors (Lipinski definition) is 1. The summed E-state index contributed by atoms with van der Waals surface area (Å²) >= 11 is 0. The molecule has 154 valence electrons. The van der Waals surface area contributed by atoms with Crippen molar-refractivity contribution >= 4 is 29.4 Å². The van der Waals surface area contributed by atoms with Gasteiger partial charge in [0.15, 0.2) is 6.10 Å². The van der Waals surface area contributed by atoms with Gasteiger partial charge in [-0.1, -0.05) is 12.2 Å². The minimum absolute atomic E-state index is 0.129. The van der Waals surface area contributed by atoms with Crippen LogP contribution in [0.2, 0.25) is 0 Å². The Morgan fingerprint density at radius 2 is 1.79 bits per heavy atom. The first-order valence-corrected chi connectivity index (χ1v) is 9.23. The standard InChI is InChI=1S/C20H20F2N2O5/c1-11(18(26)23-16-10-12(21)6-7-15(16)22)29-17(25)8-9-24-19(27)13-4-2-3-5-14(13)20(24)28/h2-3,6-7,10-11,13-14H,4-5,8-9H2,1H3,(H,23,26)/t11-,13-,14+/m0/s1. The molecule has 1 fully saturated rings. The number of imide groups is 1. The average molecular weight is 406 g/mol. The average Bonchev–Trinajstić information content (AvgIpc) is 2.93. The van der Waals surface area contributed by atoms with Crippen LogP contribution in [0, 0.1) is 23.5 Å². The number of fused-ring (bicyclic) bond motifs is 1. The minimum atomic E-state index is -1.28. The van der Waals surface area contributed by atoms with Gasteiger partial charge in [0.2, 0.25) is 11.8 Å². The van der Waals surface area contributed by atoms with Crippen LogP contribution >= 0.6 is 0 Å². The maximum absolute atomic E-state index is 13.6. The van der Waals surface area contributed by atoms with Gasteiger partial charge in [0.1, 0.15) is 11.6 Å². The largest absolute Gasteiger partial charge is 0.452 e. The number of rotatable bonds is 6. The van der Waals surface area contributed by atoms with E-state index in [2.05, 4.69) is 5.32 Å². The molecule has 29 heavy (non-hydrogen) atoms. The van der Waals surface area contributed by atoms with Gasteiger partial charge < -0.3 is 10.1 Å². The van der Waals surface area contributed by atoms with Crippen molar-refractivity contribution in [2.75, 3.05) is 11.9 Å². The van der Waals surface area contributed by atoms with Crippen molar-refractivity contribution in [3.63, 3.8) is 0 Å². The molecule has 3 atom stereocenters. The summed E-state index contributed by atoms with van der Waals surface area (Å²) in [6.07, 6.45) is 3.20. The van der Waals surface area contributed by atoms with E-state index >= 15 is 0 Å². The molecule has 0 bridgehead atoms. The van der Waals surface area contributed by atoms with E-state index in [4.69, 9.17) is 4.74 Å². The molecule has 1 aromatic rings. The number of nitrogens with zero attached hydrogens (tertiary/aromatic N) is 1. The summed E-state index contributed by atoms with van der Waals surface area (Å²) in [5.74, 6) is -4.56. The van der Waals surface area contributed by atoms with Crippen molar-refractivity contribution < 1.29 is 32.7 Å². The van der Waals surface area contributed by atoms with E-state index in [-0.39, 0.29) is 42.3 Å². The summed E-state index contributed by atoms with van der Waals surface area (Å²) in [4.78, 5) is 49.8. The molecule has 0 spiro atoms. The van der Waals surface area contributed by atoms with Crippen LogP contribution in [0.15, 0.2) is 30.4 Å². The Bertz CT molecular complexity index is 860. The summed E-state index contributed by atoms with van der Waals surface area (Å²) in [7, 11) is 0. The molecule has 9 heteroatoms. The molecule has 1 saturated heterocycles. The smallest absolute Gasteiger partial charge is 0.308 e. The van der Waals surface area contributed by atoms with Crippen molar-refractivity contribution in [2.45, 2.75) is 32.3 Å². The number of carbonyl (C=O) groups excluding carboxylic acids is 4. The van der Waals surface area contributed by atoms with Crippen molar-refractivity contribution in [3.8, 4) is 0 Å². The Hall–Kier alpha value is -3.10. The summed E-state index contributed by atoms with van der Waals surface area (Å²) in [6, 6.07) is 2.57. The van der Waals surface area contributed by atoms with Crippen LogP contribution in [-0.4, -0.2) is 41.2 Å². The van der Waals surface area contributed by atoms with Crippen molar-refractivity contribution in [1.82, 2.24) is 4.90 Å². The predicted molar refractivity (Wildman–Crippen MR) is 97.2 cm³/mol. The summed E-state index contributed by atoms with van der Waals surface area (Å²) in [6.45, 7) is 1.15. The van der Waals surface area contributed by atoms with Crippen molar-refractivity contribution in [1.29, 1.82) is 0 Å². The number of anilines is 1. The molecule has 7 nitrogen and oxygen atoms in total. The first-order valence-electron chi connectivity index (χ1n) is 9.23. The van der Waals surface area contributed by atoms with Crippen LogP contribution in [0.5, 0.6) is 0 Å². The zero-order valence-corrected chi connectivity index (χ0v) is 15.7. The normalized spacial score (nSPS) is 21.7. The number of ether oxygens (including phenoxy) is 1. The van der Waals surface area contributed by atoms with E-state index in [9.17, 15) is 28.0 Å². The summed E-state index contributed by atoms with van der Waals surface area (Å²) in [5.41, 5.74) is -0.373. The highest BCUT2D eigenvalue weighted by Gasteiger charge is 2.47. The second-order valence-electron chi connectivity index (χ2n) is 6.98. The molecule has 1 aromatic carbocycles. The van der Waals surface area contributed by atoms with Crippen molar-refractivity contribution in [3.05, 3.63) is 42.0 Å². The monoisotopic (exact) mass is 406 g/mol. The second-order valence-corrected chi connectivity index (χ2v) is 6.98. The number of carbonyl (C=O) groups is 4. The molecule has 1 aliphatic heterocycles. The third kappa shape index (κ3) is 4.49. The lowest BCUT2D eigenvalue weighted by molar-refractivity contribution is -0.154. The lowest BCUT2D eigenvalue weighted by atomic mass is 9.85. The zero-order chi connectivity index (χ0) is 21.1.